The van der Waals surface area contributed by atoms with Gasteiger partial charge in [-0.3, -0.25) is 9.78 Å². The maximum atomic E-state index is 12.4. The van der Waals surface area contributed by atoms with Gasteiger partial charge in [-0.15, -0.1) is 23.1 Å². The fraction of sp³-hybridized carbons (Fsp3) is 0.125. The Kier molecular flexibility index (Phi) is 4.89. The van der Waals surface area contributed by atoms with Crippen molar-refractivity contribution in [2.45, 2.75) is 11.4 Å². The number of halogens is 1. The van der Waals surface area contributed by atoms with Gasteiger partial charge < -0.3 is 11.1 Å². The largest absolute Gasteiger partial charge is 0.397 e. The van der Waals surface area contributed by atoms with E-state index in [-0.39, 0.29) is 5.91 Å². The minimum atomic E-state index is -0.162. The van der Waals surface area contributed by atoms with Crippen LogP contribution in [-0.4, -0.2) is 17.1 Å². The number of thioether (sulfide) groups is 1. The summed E-state index contributed by atoms with van der Waals surface area (Å²) in [4.78, 5) is 18.3. The Morgan fingerprint density at radius 1 is 1.35 bits per heavy atom. The molecule has 0 radical (unpaired) electrons. The van der Waals surface area contributed by atoms with Crippen molar-refractivity contribution < 1.29 is 4.79 Å². The summed E-state index contributed by atoms with van der Waals surface area (Å²) in [5, 5.41) is 3.77. The third kappa shape index (κ3) is 3.36. The maximum absolute atomic E-state index is 12.4. The molecule has 3 aromatic rings. The zero-order valence-corrected chi connectivity index (χ0v) is 15.5. The Hall–Kier alpha value is -1.57. The third-order valence-corrected chi connectivity index (χ3v) is 5.89. The summed E-state index contributed by atoms with van der Waals surface area (Å²) in [6.07, 6.45) is 5.44. The summed E-state index contributed by atoms with van der Waals surface area (Å²) in [5.74, 6) is -0.162. The molecule has 23 heavy (non-hydrogen) atoms. The average molecular weight is 408 g/mol. The quantitative estimate of drug-likeness (QED) is 0.632. The summed E-state index contributed by atoms with van der Waals surface area (Å²) in [5.41, 5.74) is 7.69. The highest BCUT2D eigenvalue weighted by molar-refractivity contribution is 9.10. The fourth-order valence-corrected chi connectivity index (χ4v) is 4.33. The highest BCUT2D eigenvalue weighted by atomic mass is 79.9. The molecule has 0 bridgehead atoms. The number of carbonyl (C=O) groups excluding carboxylic acids is 1. The van der Waals surface area contributed by atoms with E-state index in [0.717, 1.165) is 20.1 Å². The molecule has 4 nitrogen and oxygen atoms in total. The smallest absolute Gasteiger partial charge is 0.263 e. The molecule has 2 aromatic heterocycles. The number of amides is 1. The van der Waals surface area contributed by atoms with Crippen molar-refractivity contribution in [3.8, 4) is 0 Å². The van der Waals surface area contributed by atoms with Crippen molar-refractivity contribution in [2.75, 3.05) is 12.0 Å². The van der Waals surface area contributed by atoms with Crippen LogP contribution in [-0.2, 0) is 6.54 Å². The molecule has 0 spiro atoms. The van der Waals surface area contributed by atoms with Crippen LogP contribution in [0.15, 0.2) is 46.0 Å². The minimum absolute atomic E-state index is 0.162. The number of nitrogens with two attached hydrogens (primary N) is 1. The number of aromatic nitrogens is 1. The molecule has 3 N–H and O–H groups in total. The lowest BCUT2D eigenvalue weighted by atomic mass is 10.2. The van der Waals surface area contributed by atoms with Crippen LogP contribution in [0.4, 0.5) is 5.69 Å². The van der Waals surface area contributed by atoms with Gasteiger partial charge in [0.1, 0.15) is 4.88 Å². The predicted molar refractivity (Wildman–Crippen MR) is 101 cm³/mol. The lowest BCUT2D eigenvalue weighted by molar-refractivity contribution is 0.0956. The lowest BCUT2D eigenvalue weighted by Crippen LogP contribution is -2.22. The van der Waals surface area contributed by atoms with Gasteiger partial charge in [-0.2, -0.15) is 0 Å². The number of fused-ring (bicyclic) bond motifs is 1. The van der Waals surface area contributed by atoms with Crippen LogP contribution in [0.2, 0.25) is 0 Å². The van der Waals surface area contributed by atoms with E-state index >= 15 is 0 Å². The van der Waals surface area contributed by atoms with Crippen molar-refractivity contribution in [3.63, 3.8) is 0 Å². The summed E-state index contributed by atoms with van der Waals surface area (Å²) < 4.78 is 1.70. The number of benzene rings is 1. The predicted octanol–water partition coefficient (Wildman–Crippen LogP) is 4.29. The first kappa shape index (κ1) is 16.3. The van der Waals surface area contributed by atoms with Gasteiger partial charge >= 0.3 is 0 Å². The Balaban J connectivity index is 1.78. The second-order valence-electron chi connectivity index (χ2n) is 4.87. The number of rotatable bonds is 4. The molecule has 0 unspecified atom stereocenters. The first-order chi connectivity index (χ1) is 11.1. The molecule has 1 amide bonds. The molecule has 1 aromatic carbocycles. The van der Waals surface area contributed by atoms with Crippen LogP contribution in [0.5, 0.6) is 0 Å². The normalized spacial score (nSPS) is 10.9. The van der Waals surface area contributed by atoms with Crippen LogP contribution >= 0.6 is 39.0 Å². The van der Waals surface area contributed by atoms with Crippen LogP contribution in [0, 0.1) is 0 Å². The number of hydrogen-bond acceptors (Lipinski definition) is 5. The maximum Gasteiger partial charge on any atom is 0.263 e. The second kappa shape index (κ2) is 6.90. The number of nitrogens with zero attached hydrogens (tertiary/aromatic N) is 1. The van der Waals surface area contributed by atoms with Crippen molar-refractivity contribution >= 4 is 60.7 Å². The van der Waals surface area contributed by atoms with Crippen molar-refractivity contribution in [2.24, 2.45) is 0 Å². The first-order valence-corrected chi connectivity index (χ1v) is 9.66. The molecule has 0 aliphatic carbocycles. The van der Waals surface area contributed by atoms with Gasteiger partial charge in [0.2, 0.25) is 0 Å². The monoisotopic (exact) mass is 407 g/mol. The molecule has 7 heteroatoms. The molecule has 0 fully saturated rings. The van der Waals surface area contributed by atoms with Crippen molar-refractivity contribution in [1.82, 2.24) is 10.3 Å². The number of thiophene rings is 1. The van der Waals surface area contributed by atoms with E-state index in [0.29, 0.717) is 17.1 Å². The third-order valence-electron chi connectivity index (χ3n) is 3.41. The molecule has 118 valence electrons. The standard InChI is InChI=1S/C16H14BrN3OS2/c1-22-10-4-2-9(3-5-10)6-20-16(21)15-14(18)13-11(17)7-19-8-12(13)23-15/h2-5,7-8H,6,18H2,1H3,(H,20,21). The van der Waals surface area contributed by atoms with Gasteiger partial charge in [-0.1, -0.05) is 12.1 Å². The molecule has 3 rings (SSSR count). The van der Waals surface area contributed by atoms with E-state index in [1.165, 1.54) is 16.2 Å². The van der Waals surface area contributed by atoms with E-state index in [2.05, 4.69) is 26.2 Å². The van der Waals surface area contributed by atoms with Gasteiger partial charge in [0, 0.05) is 33.7 Å². The average Bonchev–Trinajstić information content (AvgIpc) is 2.91. The van der Waals surface area contributed by atoms with Crippen LogP contribution in [0.3, 0.4) is 0 Å². The highest BCUT2D eigenvalue weighted by Crippen LogP contribution is 2.37. The van der Waals surface area contributed by atoms with Gasteiger partial charge in [0.15, 0.2) is 0 Å². The van der Waals surface area contributed by atoms with Crippen LogP contribution in [0.1, 0.15) is 15.2 Å². The Labute approximate surface area is 150 Å². The van der Waals surface area contributed by atoms with E-state index < -0.39 is 0 Å². The minimum Gasteiger partial charge on any atom is -0.397 e. The molecule has 0 atom stereocenters. The van der Waals surface area contributed by atoms with Gasteiger partial charge in [-0.25, -0.2) is 0 Å². The SMILES string of the molecule is CSc1ccc(CNC(=O)c2sc3cncc(Br)c3c2N)cc1. The van der Waals surface area contributed by atoms with Gasteiger partial charge in [0.25, 0.3) is 5.91 Å². The van der Waals surface area contributed by atoms with E-state index in [1.807, 2.05) is 30.5 Å². The van der Waals surface area contributed by atoms with E-state index in [4.69, 9.17) is 5.73 Å². The number of hydrogen-bond donors (Lipinski definition) is 2. The number of nitrogen functional groups attached to an aromatic ring is 1. The number of nitrogens with one attached hydrogen (secondary N) is 1. The highest BCUT2D eigenvalue weighted by Gasteiger charge is 2.18. The molecule has 2 heterocycles. The fourth-order valence-electron chi connectivity index (χ4n) is 2.21. The molecule has 0 aliphatic rings. The summed E-state index contributed by atoms with van der Waals surface area (Å²) in [6, 6.07) is 8.12. The van der Waals surface area contributed by atoms with Crippen LogP contribution in [0.25, 0.3) is 10.1 Å². The number of pyridine rings is 1. The molecular formula is C16H14BrN3OS2. The second-order valence-corrected chi connectivity index (χ2v) is 7.66. The van der Waals surface area contributed by atoms with Crippen molar-refractivity contribution in [3.05, 3.63) is 51.6 Å². The summed E-state index contributed by atoms with van der Waals surface area (Å²) in [7, 11) is 0. The van der Waals surface area contributed by atoms with Gasteiger partial charge in [0.05, 0.1) is 10.4 Å². The van der Waals surface area contributed by atoms with Gasteiger partial charge in [-0.05, 0) is 39.9 Å². The zero-order chi connectivity index (χ0) is 16.4. The van der Waals surface area contributed by atoms with Crippen molar-refractivity contribution in [1.29, 1.82) is 0 Å². The Morgan fingerprint density at radius 3 is 2.74 bits per heavy atom. The van der Waals surface area contributed by atoms with E-state index in [1.54, 1.807) is 24.2 Å². The molecule has 0 saturated heterocycles. The summed E-state index contributed by atoms with van der Waals surface area (Å²) >= 11 is 6.48. The van der Waals surface area contributed by atoms with E-state index in [9.17, 15) is 4.79 Å². The zero-order valence-electron chi connectivity index (χ0n) is 12.3. The Morgan fingerprint density at radius 2 is 2.09 bits per heavy atom. The lowest BCUT2D eigenvalue weighted by Gasteiger charge is -2.05. The summed E-state index contributed by atoms with van der Waals surface area (Å²) in [6.45, 7) is 0.473. The number of anilines is 1. The Bertz CT molecular complexity index is 862. The molecule has 0 saturated carbocycles. The number of carbonyl (C=O) groups is 1. The molecular weight excluding hydrogens is 394 g/mol. The topological polar surface area (TPSA) is 68.0 Å². The van der Waals surface area contributed by atoms with Crippen LogP contribution < -0.4 is 11.1 Å². The molecule has 0 aliphatic heterocycles. The first-order valence-electron chi connectivity index (χ1n) is 6.82.